The highest BCUT2D eigenvalue weighted by Gasteiger charge is 2.24. The molecule has 0 fully saturated rings. The maximum Gasteiger partial charge on any atom is 0.159 e. The van der Waals surface area contributed by atoms with E-state index < -0.39 is 0 Å². The average Bonchev–Trinajstić information content (AvgIpc) is 3.50. The summed E-state index contributed by atoms with van der Waals surface area (Å²) < 4.78 is 6.47. The predicted molar refractivity (Wildman–Crippen MR) is 184 cm³/mol. The molecule has 5 heteroatoms. The SMILES string of the molecule is c1ccc(C2=NC(c3ccccc3)NC(c3nccc4oc5cc(-c6ccc7ccc8ccccc8c7c6)ccc5c34)=N2)cc1. The van der Waals surface area contributed by atoms with Gasteiger partial charge in [0, 0.05) is 17.1 Å². The van der Waals surface area contributed by atoms with Crippen LogP contribution in [0.3, 0.4) is 0 Å². The Hall–Kier alpha value is -6.07. The first-order chi connectivity index (χ1) is 22.3. The van der Waals surface area contributed by atoms with Crippen molar-refractivity contribution < 1.29 is 4.42 Å². The molecule has 0 bridgehead atoms. The summed E-state index contributed by atoms with van der Waals surface area (Å²) in [6, 6.07) is 48.2. The number of amidine groups is 2. The van der Waals surface area contributed by atoms with E-state index >= 15 is 0 Å². The van der Waals surface area contributed by atoms with Crippen LogP contribution in [0.2, 0.25) is 0 Å². The van der Waals surface area contributed by atoms with Crippen molar-refractivity contribution >= 4 is 55.2 Å². The van der Waals surface area contributed by atoms with E-state index in [0.29, 0.717) is 11.7 Å². The van der Waals surface area contributed by atoms with Crippen LogP contribution in [-0.4, -0.2) is 16.7 Å². The van der Waals surface area contributed by atoms with Crippen molar-refractivity contribution in [1.29, 1.82) is 0 Å². The lowest BCUT2D eigenvalue weighted by Crippen LogP contribution is -2.34. The summed E-state index contributed by atoms with van der Waals surface area (Å²) in [6.07, 6.45) is 1.48. The van der Waals surface area contributed by atoms with Crippen LogP contribution in [0.15, 0.2) is 160 Å². The third-order valence-electron chi connectivity index (χ3n) is 8.58. The van der Waals surface area contributed by atoms with Crippen LogP contribution in [0.25, 0.3) is 54.6 Å². The molecule has 45 heavy (non-hydrogen) atoms. The summed E-state index contributed by atoms with van der Waals surface area (Å²) in [6.45, 7) is 0. The normalized spacial score (nSPS) is 14.9. The standard InChI is InChI=1S/C40H26N4O/c1-3-10-27(11-4-1)38-42-39(28-12-5-2-6-13-28)44-40(43-38)37-36-32-20-19-30(24-35(32)45-34(36)21-22-41-37)29-18-17-26-16-15-25-9-7-8-14-31(25)33(26)23-29/h1-24,38H,(H,42,43,44). The molecule has 0 saturated carbocycles. The maximum absolute atomic E-state index is 6.47. The quantitative estimate of drug-likeness (QED) is 0.212. The van der Waals surface area contributed by atoms with Crippen molar-refractivity contribution in [2.75, 3.05) is 0 Å². The highest BCUT2D eigenvalue weighted by Crippen LogP contribution is 2.36. The van der Waals surface area contributed by atoms with Crippen molar-refractivity contribution in [3.63, 3.8) is 0 Å². The van der Waals surface area contributed by atoms with Gasteiger partial charge < -0.3 is 9.73 Å². The Labute approximate surface area is 259 Å². The van der Waals surface area contributed by atoms with Gasteiger partial charge in [0.1, 0.15) is 23.0 Å². The van der Waals surface area contributed by atoms with E-state index in [9.17, 15) is 0 Å². The van der Waals surface area contributed by atoms with Crippen LogP contribution in [0.4, 0.5) is 0 Å². The minimum atomic E-state index is -0.306. The minimum Gasteiger partial charge on any atom is -0.456 e. The number of fused-ring (bicyclic) bond motifs is 6. The molecular weight excluding hydrogens is 552 g/mol. The number of aliphatic imine (C=N–C) groups is 2. The summed E-state index contributed by atoms with van der Waals surface area (Å²) in [5, 5.41) is 10.4. The molecule has 212 valence electrons. The number of hydrogen-bond acceptors (Lipinski definition) is 5. The maximum atomic E-state index is 6.47. The largest absolute Gasteiger partial charge is 0.456 e. The van der Waals surface area contributed by atoms with Gasteiger partial charge >= 0.3 is 0 Å². The zero-order chi connectivity index (χ0) is 29.7. The fourth-order valence-electron chi connectivity index (χ4n) is 6.35. The van der Waals surface area contributed by atoms with Gasteiger partial charge in [0.2, 0.25) is 0 Å². The van der Waals surface area contributed by atoms with Crippen LogP contribution in [0.5, 0.6) is 0 Å². The smallest absolute Gasteiger partial charge is 0.159 e. The van der Waals surface area contributed by atoms with E-state index in [-0.39, 0.29) is 6.17 Å². The zero-order valence-electron chi connectivity index (χ0n) is 24.2. The number of hydrogen-bond donors (Lipinski definition) is 1. The van der Waals surface area contributed by atoms with Gasteiger partial charge in [0.15, 0.2) is 11.7 Å². The Morgan fingerprint density at radius 1 is 0.556 bits per heavy atom. The van der Waals surface area contributed by atoms with E-state index in [1.165, 1.54) is 21.5 Å². The van der Waals surface area contributed by atoms with Crippen LogP contribution in [-0.2, 0) is 0 Å². The van der Waals surface area contributed by atoms with Crippen LogP contribution in [0.1, 0.15) is 23.0 Å². The summed E-state index contributed by atoms with van der Waals surface area (Å²) in [4.78, 5) is 14.8. The Balaban J connectivity index is 1.17. The monoisotopic (exact) mass is 578 g/mol. The number of nitrogens with one attached hydrogen (secondary N) is 1. The van der Waals surface area contributed by atoms with Gasteiger partial charge in [-0.15, -0.1) is 0 Å². The molecule has 6 aromatic carbocycles. The van der Waals surface area contributed by atoms with E-state index in [4.69, 9.17) is 19.4 Å². The Morgan fingerprint density at radius 2 is 1.27 bits per heavy atom. The second-order valence-electron chi connectivity index (χ2n) is 11.3. The van der Waals surface area contributed by atoms with Crippen molar-refractivity contribution in [2.24, 2.45) is 9.98 Å². The fraction of sp³-hybridized carbons (Fsp3) is 0.0250. The van der Waals surface area contributed by atoms with Crippen LogP contribution in [0, 0.1) is 0 Å². The second-order valence-corrected chi connectivity index (χ2v) is 11.3. The van der Waals surface area contributed by atoms with Crippen molar-refractivity contribution in [3.8, 4) is 11.1 Å². The molecule has 9 rings (SSSR count). The van der Waals surface area contributed by atoms with Gasteiger partial charge in [-0.2, -0.15) is 0 Å². The molecule has 3 heterocycles. The minimum absolute atomic E-state index is 0.306. The molecule has 8 aromatic rings. The Morgan fingerprint density at radius 3 is 2.13 bits per heavy atom. The molecule has 0 spiro atoms. The number of nitrogens with zero attached hydrogens (tertiary/aromatic N) is 3. The Bertz CT molecular complexity index is 2460. The molecule has 0 saturated heterocycles. The van der Waals surface area contributed by atoms with E-state index in [2.05, 4.69) is 90.2 Å². The number of pyridine rings is 1. The Kier molecular flexibility index (Phi) is 5.81. The van der Waals surface area contributed by atoms with E-state index in [0.717, 1.165) is 49.9 Å². The van der Waals surface area contributed by atoms with Crippen LogP contribution < -0.4 is 5.32 Å². The van der Waals surface area contributed by atoms with Gasteiger partial charge in [-0.1, -0.05) is 115 Å². The summed E-state index contributed by atoms with van der Waals surface area (Å²) >= 11 is 0. The average molecular weight is 579 g/mol. The highest BCUT2D eigenvalue weighted by atomic mass is 16.3. The molecular formula is C40H26N4O. The number of aromatic nitrogens is 1. The van der Waals surface area contributed by atoms with Crippen molar-refractivity contribution in [1.82, 2.24) is 10.3 Å². The lowest BCUT2D eigenvalue weighted by atomic mass is 9.96. The molecule has 0 amide bonds. The third kappa shape index (κ3) is 4.36. The molecule has 1 atom stereocenters. The van der Waals surface area contributed by atoms with Crippen LogP contribution >= 0.6 is 0 Å². The van der Waals surface area contributed by atoms with Crippen molar-refractivity contribution in [2.45, 2.75) is 6.17 Å². The molecule has 0 aliphatic carbocycles. The molecule has 1 aliphatic rings. The lowest BCUT2D eigenvalue weighted by molar-refractivity contribution is 0.666. The van der Waals surface area contributed by atoms with E-state index in [1.807, 2.05) is 54.6 Å². The number of benzene rings is 6. The molecule has 1 aliphatic heterocycles. The summed E-state index contributed by atoms with van der Waals surface area (Å²) in [5.74, 6) is 1.33. The third-order valence-corrected chi connectivity index (χ3v) is 8.58. The molecule has 2 aromatic heterocycles. The highest BCUT2D eigenvalue weighted by molar-refractivity contribution is 6.21. The summed E-state index contributed by atoms with van der Waals surface area (Å²) in [7, 11) is 0. The van der Waals surface area contributed by atoms with Gasteiger partial charge in [-0.05, 0) is 62.5 Å². The topological polar surface area (TPSA) is 62.8 Å². The number of rotatable bonds is 4. The van der Waals surface area contributed by atoms with Gasteiger partial charge in [0.25, 0.3) is 0 Å². The van der Waals surface area contributed by atoms with Gasteiger partial charge in [-0.25, -0.2) is 9.98 Å². The first kappa shape index (κ1) is 25.4. The lowest BCUT2D eigenvalue weighted by Gasteiger charge is -2.23. The van der Waals surface area contributed by atoms with Gasteiger partial charge in [0.05, 0.1) is 5.39 Å². The second kappa shape index (κ2) is 10.3. The predicted octanol–water partition coefficient (Wildman–Crippen LogP) is 9.45. The first-order valence-corrected chi connectivity index (χ1v) is 15.1. The molecule has 0 radical (unpaired) electrons. The molecule has 5 nitrogen and oxygen atoms in total. The number of furan rings is 1. The zero-order valence-corrected chi connectivity index (χ0v) is 24.2. The van der Waals surface area contributed by atoms with Gasteiger partial charge in [-0.3, -0.25) is 4.98 Å². The fourth-order valence-corrected chi connectivity index (χ4v) is 6.35. The van der Waals surface area contributed by atoms with E-state index in [1.54, 1.807) is 6.20 Å². The molecule has 1 N–H and O–H groups in total. The molecule has 1 unspecified atom stereocenters. The first-order valence-electron chi connectivity index (χ1n) is 15.1. The summed E-state index contributed by atoms with van der Waals surface area (Å²) in [5.41, 5.74) is 6.56. The van der Waals surface area contributed by atoms with Crippen molar-refractivity contribution in [3.05, 3.63) is 163 Å².